The van der Waals surface area contributed by atoms with Crippen molar-refractivity contribution >= 4 is 11.6 Å². The predicted molar refractivity (Wildman–Crippen MR) is 95.6 cm³/mol. The maximum atomic E-state index is 12.5. The van der Waals surface area contributed by atoms with E-state index < -0.39 is 0 Å². The molecule has 2 N–H and O–H groups in total. The topological polar surface area (TPSA) is 70.2 Å². The summed E-state index contributed by atoms with van der Waals surface area (Å²) in [6, 6.07) is 15.3. The lowest BCUT2D eigenvalue weighted by Crippen LogP contribution is -2.44. The third kappa shape index (κ3) is 2.52. The van der Waals surface area contributed by atoms with E-state index in [4.69, 9.17) is 4.74 Å². The summed E-state index contributed by atoms with van der Waals surface area (Å²) in [6.45, 7) is 0. The van der Waals surface area contributed by atoms with Crippen molar-refractivity contribution in [2.75, 3.05) is 19.1 Å². The van der Waals surface area contributed by atoms with Crippen molar-refractivity contribution in [2.45, 2.75) is 6.17 Å². The molecule has 0 saturated carbocycles. The molecule has 6 heteroatoms. The van der Waals surface area contributed by atoms with E-state index in [-0.39, 0.29) is 12.1 Å². The second-order valence-corrected chi connectivity index (χ2v) is 5.93. The molecule has 1 aliphatic heterocycles. The molecule has 2 heterocycles. The van der Waals surface area contributed by atoms with Crippen molar-refractivity contribution in [1.82, 2.24) is 15.5 Å². The maximum absolute atomic E-state index is 12.5. The van der Waals surface area contributed by atoms with Gasteiger partial charge in [0.05, 0.1) is 24.1 Å². The Kier molecular flexibility index (Phi) is 3.65. The zero-order valence-electron chi connectivity index (χ0n) is 14.0. The standard InChI is InChI=1S/C19H18N4O2/c1-23-16-9-4-3-8-14(16)19(24)21-18(23)15-11-20-22-17(15)12-6-5-7-13(10-12)25-2/h3-11,18H,1-2H3,(H,20,22)(H,21,24). The minimum Gasteiger partial charge on any atom is -0.497 e. The number of aromatic amines is 1. The first-order valence-corrected chi connectivity index (χ1v) is 8.00. The van der Waals surface area contributed by atoms with Gasteiger partial charge in [0.2, 0.25) is 0 Å². The van der Waals surface area contributed by atoms with Gasteiger partial charge in [-0.1, -0.05) is 24.3 Å². The normalized spacial score (nSPS) is 16.3. The number of fused-ring (bicyclic) bond motifs is 1. The summed E-state index contributed by atoms with van der Waals surface area (Å²) in [5.74, 6) is 0.675. The van der Waals surface area contributed by atoms with Crippen LogP contribution >= 0.6 is 0 Å². The zero-order valence-corrected chi connectivity index (χ0v) is 14.0. The molecule has 0 spiro atoms. The van der Waals surface area contributed by atoms with Gasteiger partial charge in [-0.2, -0.15) is 5.10 Å². The van der Waals surface area contributed by atoms with Crippen LogP contribution in [-0.2, 0) is 0 Å². The average molecular weight is 334 g/mol. The number of benzene rings is 2. The number of methoxy groups -OCH3 is 1. The van der Waals surface area contributed by atoms with Gasteiger partial charge in [0.25, 0.3) is 5.91 Å². The van der Waals surface area contributed by atoms with Crippen LogP contribution in [0.1, 0.15) is 22.1 Å². The molecule has 0 saturated heterocycles. The van der Waals surface area contributed by atoms with Crippen molar-refractivity contribution in [2.24, 2.45) is 0 Å². The van der Waals surface area contributed by atoms with Gasteiger partial charge < -0.3 is 15.0 Å². The van der Waals surface area contributed by atoms with Crippen LogP contribution in [0, 0.1) is 0 Å². The lowest BCUT2D eigenvalue weighted by Gasteiger charge is -2.36. The number of hydrogen-bond acceptors (Lipinski definition) is 4. The summed E-state index contributed by atoms with van der Waals surface area (Å²) in [5.41, 5.74) is 4.19. The summed E-state index contributed by atoms with van der Waals surface area (Å²) in [7, 11) is 3.60. The third-order valence-corrected chi connectivity index (χ3v) is 4.49. The Morgan fingerprint density at radius 2 is 2.00 bits per heavy atom. The van der Waals surface area contributed by atoms with Crippen LogP contribution in [0.15, 0.2) is 54.7 Å². The molecule has 126 valence electrons. The van der Waals surface area contributed by atoms with Gasteiger partial charge in [-0.05, 0) is 24.3 Å². The SMILES string of the molecule is COc1cccc(-c2n[nH]cc2C2NC(=O)c3ccccc3N2C)c1. The summed E-state index contributed by atoms with van der Waals surface area (Å²) in [6.07, 6.45) is 1.52. The number of ether oxygens (including phenoxy) is 1. The highest BCUT2D eigenvalue weighted by Gasteiger charge is 2.31. The van der Waals surface area contributed by atoms with Crippen LogP contribution in [0.2, 0.25) is 0 Å². The van der Waals surface area contributed by atoms with E-state index in [1.165, 1.54) is 0 Å². The van der Waals surface area contributed by atoms with E-state index in [1.807, 2.05) is 66.7 Å². The first kappa shape index (κ1) is 15.3. The smallest absolute Gasteiger partial charge is 0.255 e. The van der Waals surface area contributed by atoms with Crippen molar-refractivity contribution in [3.05, 3.63) is 65.9 Å². The number of carbonyl (C=O) groups is 1. The van der Waals surface area contributed by atoms with Gasteiger partial charge in [-0.15, -0.1) is 0 Å². The van der Waals surface area contributed by atoms with Crippen LogP contribution in [0.5, 0.6) is 5.75 Å². The molecule has 0 aliphatic carbocycles. The lowest BCUT2D eigenvalue weighted by molar-refractivity contribution is 0.0928. The van der Waals surface area contributed by atoms with Gasteiger partial charge in [-0.25, -0.2) is 0 Å². The first-order chi connectivity index (χ1) is 12.2. The summed E-state index contributed by atoms with van der Waals surface area (Å²) >= 11 is 0. The Balaban J connectivity index is 1.77. The number of aromatic nitrogens is 2. The fourth-order valence-corrected chi connectivity index (χ4v) is 3.21. The highest BCUT2D eigenvalue weighted by atomic mass is 16.5. The second kappa shape index (κ2) is 5.98. The van der Waals surface area contributed by atoms with E-state index in [1.54, 1.807) is 7.11 Å². The van der Waals surface area contributed by atoms with Gasteiger partial charge in [0, 0.05) is 24.4 Å². The van der Waals surface area contributed by atoms with E-state index in [0.717, 1.165) is 28.3 Å². The Morgan fingerprint density at radius 3 is 2.84 bits per heavy atom. The number of para-hydroxylation sites is 1. The van der Waals surface area contributed by atoms with Crippen molar-refractivity contribution in [3.63, 3.8) is 0 Å². The molecule has 0 radical (unpaired) electrons. The summed E-state index contributed by atoms with van der Waals surface area (Å²) < 4.78 is 5.30. The average Bonchev–Trinajstić information content (AvgIpc) is 3.14. The Morgan fingerprint density at radius 1 is 1.16 bits per heavy atom. The quantitative estimate of drug-likeness (QED) is 0.772. The molecule has 1 atom stereocenters. The van der Waals surface area contributed by atoms with Gasteiger partial charge in [0.1, 0.15) is 11.9 Å². The molecule has 1 aliphatic rings. The number of hydrogen-bond donors (Lipinski definition) is 2. The van der Waals surface area contributed by atoms with E-state index in [9.17, 15) is 4.79 Å². The van der Waals surface area contributed by atoms with Crippen molar-refractivity contribution < 1.29 is 9.53 Å². The molecular weight excluding hydrogens is 316 g/mol. The molecule has 1 unspecified atom stereocenters. The monoisotopic (exact) mass is 334 g/mol. The molecule has 2 aromatic carbocycles. The Bertz CT molecular complexity index is 934. The fraction of sp³-hybridized carbons (Fsp3) is 0.158. The van der Waals surface area contributed by atoms with Crippen LogP contribution < -0.4 is 15.0 Å². The van der Waals surface area contributed by atoms with Crippen LogP contribution in [0.25, 0.3) is 11.3 Å². The highest BCUT2D eigenvalue weighted by Crippen LogP contribution is 2.35. The maximum Gasteiger partial charge on any atom is 0.255 e. The molecule has 0 fully saturated rings. The zero-order chi connectivity index (χ0) is 17.4. The number of rotatable bonds is 3. The van der Waals surface area contributed by atoms with Gasteiger partial charge in [-0.3, -0.25) is 9.89 Å². The van der Waals surface area contributed by atoms with Crippen molar-refractivity contribution in [1.29, 1.82) is 0 Å². The molecule has 6 nitrogen and oxygen atoms in total. The van der Waals surface area contributed by atoms with E-state index in [0.29, 0.717) is 5.56 Å². The van der Waals surface area contributed by atoms with Gasteiger partial charge >= 0.3 is 0 Å². The number of nitrogens with one attached hydrogen (secondary N) is 2. The minimum absolute atomic E-state index is 0.0866. The molecule has 25 heavy (non-hydrogen) atoms. The summed E-state index contributed by atoms with van der Waals surface area (Å²) in [5, 5.41) is 10.4. The predicted octanol–water partition coefficient (Wildman–Crippen LogP) is 2.96. The molecule has 1 aromatic heterocycles. The Labute approximate surface area is 145 Å². The molecule has 0 bridgehead atoms. The van der Waals surface area contributed by atoms with Crippen LogP contribution in [0.3, 0.4) is 0 Å². The lowest BCUT2D eigenvalue weighted by atomic mass is 10.0. The van der Waals surface area contributed by atoms with E-state index in [2.05, 4.69) is 15.5 Å². The number of carbonyl (C=O) groups excluding carboxylic acids is 1. The minimum atomic E-state index is -0.303. The molecule has 4 rings (SSSR count). The third-order valence-electron chi connectivity index (χ3n) is 4.49. The van der Waals surface area contributed by atoms with Crippen LogP contribution in [-0.4, -0.2) is 30.3 Å². The fourth-order valence-electron chi connectivity index (χ4n) is 3.21. The van der Waals surface area contributed by atoms with Crippen LogP contribution in [0.4, 0.5) is 5.69 Å². The van der Waals surface area contributed by atoms with Crippen molar-refractivity contribution in [3.8, 4) is 17.0 Å². The number of nitrogens with zero attached hydrogens (tertiary/aromatic N) is 2. The summed E-state index contributed by atoms with van der Waals surface area (Å²) in [4.78, 5) is 14.5. The number of anilines is 1. The van der Waals surface area contributed by atoms with E-state index >= 15 is 0 Å². The Hall–Kier alpha value is -3.28. The number of H-pyrrole nitrogens is 1. The first-order valence-electron chi connectivity index (χ1n) is 8.00. The number of amides is 1. The molecular formula is C19H18N4O2. The largest absolute Gasteiger partial charge is 0.497 e. The highest BCUT2D eigenvalue weighted by molar-refractivity contribution is 6.02. The second-order valence-electron chi connectivity index (χ2n) is 5.93. The molecule has 3 aromatic rings. The van der Waals surface area contributed by atoms with Gasteiger partial charge in [0.15, 0.2) is 0 Å². The molecule has 1 amide bonds.